The summed E-state index contributed by atoms with van der Waals surface area (Å²) in [6, 6.07) is 72.1. The monoisotopic (exact) mass is 687 g/mol. The molecule has 0 spiro atoms. The first-order valence-electron chi connectivity index (χ1n) is 18.5. The van der Waals surface area contributed by atoms with Crippen molar-refractivity contribution >= 4 is 54.5 Å². The molecular formula is C52H33NO. The molecule has 0 bridgehead atoms. The van der Waals surface area contributed by atoms with Crippen molar-refractivity contribution in [2.75, 3.05) is 0 Å². The smallest absolute Gasteiger partial charge is 0.144 e. The number of benzene rings is 9. The van der Waals surface area contributed by atoms with E-state index in [-0.39, 0.29) is 0 Å². The number of para-hydroxylation sites is 3. The lowest BCUT2D eigenvalue weighted by Crippen LogP contribution is -1.94. The van der Waals surface area contributed by atoms with Crippen molar-refractivity contribution in [1.29, 1.82) is 0 Å². The van der Waals surface area contributed by atoms with Gasteiger partial charge in [0, 0.05) is 38.4 Å². The van der Waals surface area contributed by atoms with Crippen LogP contribution in [0.2, 0.25) is 0 Å². The quantitative estimate of drug-likeness (QED) is 0.176. The van der Waals surface area contributed by atoms with Crippen LogP contribution < -0.4 is 0 Å². The van der Waals surface area contributed by atoms with Gasteiger partial charge in [0.1, 0.15) is 11.2 Å². The molecule has 2 heteroatoms. The normalized spacial score (nSPS) is 11.7. The Balaban J connectivity index is 1.26. The summed E-state index contributed by atoms with van der Waals surface area (Å²) in [5.74, 6) is 0. The maximum atomic E-state index is 7.02. The lowest BCUT2D eigenvalue weighted by molar-refractivity contribution is 0.670. The van der Waals surface area contributed by atoms with Crippen LogP contribution in [0.15, 0.2) is 205 Å². The predicted octanol–water partition coefficient (Wildman–Crippen LogP) is 14.5. The van der Waals surface area contributed by atoms with E-state index in [2.05, 4.69) is 205 Å². The van der Waals surface area contributed by atoms with Crippen LogP contribution in [-0.2, 0) is 0 Å². The maximum Gasteiger partial charge on any atom is 0.144 e. The van der Waals surface area contributed by atoms with Crippen LogP contribution >= 0.6 is 0 Å². The second-order valence-electron chi connectivity index (χ2n) is 14.0. The Morgan fingerprint density at radius 3 is 1.52 bits per heavy atom. The van der Waals surface area contributed by atoms with Crippen LogP contribution in [0.3, 0.4) is 0 Å². The SMILES string of the molecule is c1ccc(-c2cc(-c3ccccc3)cc(-c3c4ccccc4c(-c4ccc5c6ccccc6n(-c6ccccc6)c5c4)c4c3oc3ccccc34)c2)cc1. The van der Waals surface area contributed by atoms with Crippen molar-refractivity contribution in [3.05, 3.63) is 200 Å². The molecule has 0 aliphatic carbocycles. The Labute approximate surface area is 312 Å². The molecule has 0 radical (unpaired) electrons. The van der Waals surface area contributed by atoms with Crippen molar-refractivity contribution < 1.29 is 4.42 Å². The van der Waals surface area contributed by atoms with Crippen molar-refractivity contribution in [3.8, 4) is 50.2 Å². The van der Waals surface area contributed by atoms with Crippen LogP contribution in [0.25, 0.3) is 105 Å². The minimum Gasteiger partial charge on any atom is -0.455 e. The van der Waals surface area contributed by atoms with E-state index in [1.54, 1.807) is 0 Å². The molecule has 2 nitrogen and oxygen atoms in total. The first-order valence-corrected chi connectivity index (χ1v) is 18.5. The predicted molar refractivity (Wildman–Crippen MR) is 227 cm³/mol. The van der Waals surface area contributed by atoms with Gasteiger partial charge < -0.3 is 8.98 Å². The van der Waals surface area contributed by atoms with E-state index in [1.807, 2.05) is 0 Å². The van der Waals surface area contributed by atoms with Crippen LogP contribution in [0.5, 0.6) is 0 Å². The highest BCUT2D eigenvalue weighted by Crippen LogP contribution is 2.49. The highest BCUT2D eigenvalue weighted by atomic mass is 16.3. The minimum absolute atomic E-state index is 0.882. The molecule has 2 aromatic heterocycles. The van der Waals surface area contributed by atoms with Gasteiger partial charge in [0.25, 0.3) is 0 Å². The summed E-state index contributed by atoms with van der Waals surface area (Å²) >= 11 is 0. The zero-order chi connectivity index (χ0) is 35.6. The maximum absolute atomic E-state index is 7.02. The Bertz CT molecular complexity index is 3130. The third kappa shape index (κ3) is 4.74. The molecule has 0 atom stereocenters. The summed E-state index contributed by atoms with van der Waals surface area (Å²) in [5, 5.41) is 7.08. The van der Waals surface area contributed by atoms with E-state index in [0.717, 1.165) is 49.7 Å². The lowest BCUT2D eigenvalue weighted by Gasteiger charge is -2.17. The Morgan fingerprint density at radius 1 is 0.315 bits per heavy atom. The molecule has 0 saturated heterocycles. The van der Waals surface area contributed by atoms with Gasteiger partial charge in [-0.15, -0.1) is 0 Å². The molecule has 0 saturated carbocycles. The molecule has 0 fully saturated rings. The topological polar surface area (TPSA) is 18.1 Å². The molecule has 252 valence electrons. The molecule has 9 aromatic carbocycles. The average molecular weight is 688 g/mol. The summed E-state index contributed by atoms with van der Waals surface area (Å²) in [7, 11) is 0. The Kier molecular flexibility index (Phi) is 6.90. The molecule has 0 aliphatic rings. The molecular weight excluding hydrogens is 655 g/mol. The van der Waals surface area contributed by atoms with E-state index < -0.39 is 0 Å². The van der Waals surface area contributed by atoms with E-state index in [9.17, 15) is 0 Å². The standard InChI is InChI=1S/C52H33NO/c1-4-16-34(17-5-1)37-30-38(35-18-6-2-7-19-35)32-39(31-37)50-44-24-11-10-23-43(44)49(51-45-25-13-15-27-48(45)54-52(50)51)36-28-29-42-41-22-12-14-26-46(41)53(47(42)33-36)40-20-8-3-9-21-40/h1-33H. The van der Waals surface area contributed by atoms with Crippen LogP contribution in [-0.4, -0.2) is 4.57 Å². The number of rotatable bonds is 5. The van der Waals surface area contributed by atoms with Crippen molar-refractivity contribution in [2.45, 2.75) is 0 Å². The fourth-order valence-corrected chi connectivity index (χ4v) is 8.58. The largest absolute Gasteiger partial charge is 0.455 e. The van der Waals surface area contributed by atoms with Gasteiger partial charge in [0.05, 0.1) is 11.0 Å². The summed E-state index contributed by atoms with van der Waals surface area (Å²) in [6.07, 6.45) is 0. The van der Waals surface area contributed by atoms with E-state index in [4.69, 9.17) is 4.42 Å². The summed E-state index contributed by atoms with van der Waals surface area (Å²) < 4.78 is 9.42. The van der Waals surface area contributed by atoms with E-state index in [0.29, 0.717) is 0 Å². The van der Waals surface area contributed by atoms with Gasteiger partial charge in [0.15, 0.2) is 0 Å². The molecule has 0 unspecified atom stereocenters. The van der Waals surface area contributed by atoms with Gasteiger partial charge in [-0.1, -0.05) is 152 Å². The van der Waals surface area contributed by atoms with Crippen LogP contribution in [0.1, 0.15) is 0 Å². The highest BCUT2D eigenvalue weighted by molar-refractivity contribution is 6.27. The molecule has 2 heterocycles. The third-order valence-electron chi connectivity index (χ3n) is 11.0. The number of aromatic nitrogens is 1. The van der Waals surface area contributed by atoms with Gasteiger partial charge in [-0.25, -0.2) is 0 Å². The minimum atomic E-state index is 0.882. The molecule has 0 amide bonds. The van der Waals surface area contributed by atoms with E-state index in [1.165, 1.54) is 55.0 Å². The summed E-state index contributed by atoms with van der Waals surface area (Å²) in [4.78, 5) is 0. The van der Waals surface area contributed by atoms with Crippen molar-refractivity contribution in [3.63, 3.8) is 0 Å². The zero-order valence-corrected chi connectivity index (χ0v) is 29.4. The summed E-state index contributed by atoms with van der Waals surface area (Å²) in [5.41, 5.74) is 14.6. The first-order chi connectivity index (χ1) is 26.8. The number of fused-ring (bicyclic) bond motifs is 7. The second-order valence-corrected chi connectivity index (χ2v) is 14.0. The van der Waals surface area contributed by atoms with Gasteiger partial charge in [-0.2, -0.15) is 0 Å². The molecule has 11 rings (SSSR count). The number of hydrogen-bond donors (Lipinski definition) is 0. The van der Waals surface area contributed by atoms with Crippen molar-refractivity contribution in [2.24, 2.45) is 0 Å². The van der Waals surface area contributed by atoms with Gasteiger partial charge >= 0.3 is 0 Å². The van der Waals surface area contributed by atoms with Crippen LogP contribution in [0, 0.1) is 0 Å². The Hall–Kier alpha value is -7.16. The average Bonchev–Trinajstić information content (AvgIpc) is 3.79. The fourth-order valence-electron chi connectivity index (χ4n) is 8.58. The second kappa shape index (κ2) is 12.2. The molecule has 0 N–H and O–H groups in total. The molecule has 54 heavy (non-hydrogen) atoms. The van der Waals surface area contributed by atoms with Crippen molar-refractivity contribution in [1.82, 2.24) is 4.57 Å². The number of furan rings is 1. The number of nitrogens with zero attached hydrogens (tertiary/aromatic N) is 1. The third-order valence-corrected chi connectivity index (χ3v) is 11.0. The highest BCUT2D eigenvalue weighted by Gasteiger charge is 2.24. The zero-order valence-electron chi connectivity index (χ0n) is 29.4. The van der Waals surface area contributed by atoms with E-state index >= 15 is 0 Å². The van der Waals surface area contributed by atoms with Gasteiger partial charge in [-0.05, 0) is 92.7 Å². The van der Waals surface area contributed by atoms with Crippen LogP contribution in [0.4, 0.5) is 0 Å². The fraction of sp³-hybridized carbons (Fsp3) is 0. The van der Waals surface area contributed by atoms with Gasteiger partial charge in [0.2, 0.25) is 0 Å². The van der Waals surface area contributed by atoms with Gasteiger partial charge in [-0.3, -0.25) is 0 Å². The molecule has 0 aliphatic heterocycles. The molecule has 11 aromatic rings. The Morgan fingerprint density at radius 2 is 0.833 bits per heavy atom. The summed E-state index contributed by atoms with van der Waals surface area (Å²) in [6.45, 7) is 0. The first kappa shape index (κ1) is 30.5. The number of hydrogen-bond acceptors (Lipinski definition) is 1. The lowest BCUT2D eigenvalue weighted by atomic mass is 9.86.